The van der Waals surface area contributed by atoms with E-state index in [0.717, 1.165) is 0 Å². The van der Waals surface area contributed by atoms with Gasteiger partial charge in [-0.05, 0) is 37.0 Å². The first-order valence-corrected chi connectivity index (χ1v) is 9.45. The van der Waals surface area contributed by atoms with Crippen LogP contribution in [0.15, 0.2) is 48.6 Å². The van der Waals surface area contributed by atoms with Crippen LogP contribution in [0.1, 0.15) is 43.8 Å². The average molecular weight is 393 g/mol. The van der Waals surface area contributed by atoms with Crippen molar-refractivity contribution in [1.82, 2.24) is 0 Å². The first-order chi connectivity index (χ1) is 12.9. The Hall–Kier alpha value is -1.95. The number of hydrogen-bond donors (Lipinski definition) is 3. The Bertz CT molecular complexity index is 695. The van der Waals surface area contributed by atoms with Crippen LogP contribution in [0.4, 0.5) is 0 Å². The lowest BCUT2D eigenvalue weighted by atomic mass is 9.90. The number of ketones is 1. The lowest BCUT2D eigenvalue weighted by Gasteiger charge is -2.17. The number of aliphatic carboxylic acids is 1. The van der Waals surface area contributed by atoms with Gasteiger partial charge in [-0.3, -0.25) is 9.59 Å². The second-order valence-electron chi connectivity index (χ2n) is 6.80. The largest absolute Gasteiger partial charge is 0.481 e. The molecule has 0 aromatic heterocycles. The monoisotopic (exact) mass is 392 g/mol. The molecule has 1 aromatic rings. The van der Waals surface area contributed by atoms with E-state index in [4.69, 9.17) is 16.7 Å². The number of allylic oxidation sites excluding steroid dienone is 3. The van der Waals surface area contributed by atoms with Gasteiger partial charge in [0.05, 0.1) is 12.2 Å². The fourth-order valence-electron chi connectivity index (χ4n) is 3.26. The van der Waals surface area contributed by atoms with Crippen LogP contribution < -0.4 is 0 Å². The summed E-state index contributed by atoms with van der Waals surface area (Å²) in [4.78, 5) is 22.7. The molecule has 4 atom stereocenters. The first-order valence-electron chi connectivity index (χ1n) is 9.08. The SMILES string of the molecule is O=C(O)CCC/C=C\C[C@H]1[C@@H](O)CC(=O)[C@@H]1/C=C/[C@@H](O)c1ccc(Cl)cc1. The Kier molecular flexibility index (Phi) is 8.23. The van der Waals surface area contributed by atoms with Gasteiger partial charge < -0.3 is 15.3 Å². The van der Waals surface area contributed by atoms with E-state index >= 15 is 0 Å². The van der Waals surface area contributed by atoms with Crippen LogP contribution in [-0.2, 0) is 9.59 Å². The molecule has 1 aromatic carbocycles. The standard InChI is InChI=1S/C21H25ClO5/c22-15-9-7-14(8-10-15)18(23)12-11-17-16(19(24)13-20(17)25)5-3-1-2-4-6-21(26)27/h1,3,7-12,16-19,23-24H,2,4-6,13H2,(H,26,27)/b3-1-,12-11+/t16-,17-,18-,19+/m1/s1. The molecule has 0 saturated heterocycles. The smallest absolute Gasteiger partial charge is 0.303 e. The Morgan fingerprint density at radius 2 is 1.96 bits per heavy atom. The molecule has 27 heavy (non-hydrogen) atoms. The van der Waals surface area contributed by atoms with Crippen molar-refractivity contribution in [2.75, 3.05) is 0 Å². The number of carbonyl (C=O) groups is 2. The third-order valence-electron chi connectivity index (χ3n) is 4.79. The zero-order valence-electron chi connectivity index (χ0n) is 15.0. The van der Waals surface area contributed by atoms with Crippen LogP contribution in [0.25, 0.3) is 0 Å². The predicted octanol–water partition coefficient (Wildman–Crippen LogP) is 3.70. The molecule has 6 heteroatoms. The molecule has 1 saturated carbocycles. The van der Waals surface area contributed by atoms with Crippen molar-refractivity contribution in [3.05, 3.63) is 59.2 Å². The second kappa shape index (κ2) is 10.4. The van der Waals surface area contributed by atoms with Crippen LogP contribution in [0.2, 0.25) is 5.02 Å². The van der Waals surface area contributed by atoms with Gasteiger partial charge in [-0.1, -0.05) is 48.0 Å². The van der Waals surface area contributed by atoms with E-state index in [2.05, 4.69) is 0 Å². The van der Waals surface area contributed by atoms with Gasteiger partial charge in [0, 0.05) is 29.7 Å². The van der Waals surface area contributed by atoms with Crippen LogP contribution in [0.5, 0.6) is 0 Å². The summed E-state index contributed by atoms with van der Waals surface area (Å²) >= 11 is 5.84. The molecule has 1 fully saturated rings. The van der Waals surface area contributed by atoms with Crippen molar-refractivity contribution >= 4 is 23.4 Å². The Morgan fingerprint density at radius 3 is 2.63 bits per heavy atom. The van der Waals surface area contributed by atoms with Crippen LogP contribution in [-0.4, -0.2) is 33.2 Å². The predicted molar refractivity (Wildman–Crippen MR) is 103 cm³/mol. The minimum Gasteiger partial charge on any atom is -0.481 e. The molecule has 0 bridgehead atoms. The number of carboxylic acid groups (broad SMARTS) is 1. The van der Waals surface area contributed by atoms with Crippen LogP contribution in [0, 0.1) is 11.8 Å². The average Bonchev–Trinajstić information content (AvgIpc) is 2.89. The summed E-state index contributed by atoms with van der Waals surface area (Å²) < 4.78 is 0. The highest BCUT2D eigenvalue weighted by Crippen LogP contribution is 2.34. The summed E-state index contributed by atoms with van der Waals surface area (Å²) in [6.07, 6.45) is 7.48. The number of carbonyl (C=O) groups excluding carboxylic acids is 1. The maximum absolute atomic E-state index is 12.2. The number of rotatable bonds is 9. The molecule has 0 radical (unpaired) electrons. The van der Waals surface area contributed by atoms with Crippen molar-refractivity contribution < 1.29 is 24.9 Å². The van der Waals surface area contributed by atoms with Crippen LogP contribution in [0.3, 0.4) is 0 Å². The van der Waals surface area contributed by atoms with E-state index in [1.807, 2.05) is 12.2 Å². The van der Waals surface area contributed by atoms with Crippen molar-refractivity contribution in [1.29, 1.82) is 0 Å². The number of aliphatic hydroxyl groups is 2. The molecule has 3 N–H and O–H groups in total. The fourth-order valence-corrected chi connectivity index (χ4v) is 3.39. The lowest BCUT2D eigenvalue weighted by Crippen LogP contribution is -2.18. The van der Waals surface area contributed by atoms with Crippen molar-refractivity contribution in [2.24, 2.45) is 11.8 Å². The van der Waals surface area contributed by atoms with E-state index in [0.29, 0.717) is 29.8 Å². The molecule has 1 aliphatic carbocycles. The topological polar surface area (TPSA) is 94.8 Å². The highest BCUT2D eigenvalue weighted by atomic mass is 35.5. The number of Topliss-reactive ketones (excluding diaryl/α,β-unsaturated/α-hetero) is 1. The zero-order valence-corrected chi connectivity index (χ0v) is 15.8. The van der Waals surface area contributed by atoms with E-state index < -0.39 is 24.1 Å². The molecule has 1 aliphatic rings. The summed E-state index contributed by atoms with van der Waals surface area (Å²) in [5, 5.41) is 29.6. The lowest BCUT2D eigenvalue weighted by molar-refractivity contribution is -0.137. The fraction of sp³-hybridized carbons (Fsp3) is 0.429. The third-order valence-corrected chi connectivity index (χ3v) is 5.04. The Balaban J connectivity index is 1.94. The minimum absolute atomic E-state index is 0.0358. The Labute approximate surface area is 164 Å². The van der Waals surface area contributed by atoms with Gasteiger partial charge in [-0.2, -0.15) is 0 Å². The van der Waals surface area contributed by atoms with E-state index in [9.17, 15) is 19.8 Å². The molecule has 146 valence electrons. The highest BCUT2D eigenvalue weighted by Gasteiger charge is 2.39. The summed E-state index contributed by atoms with van der Waals surface area (Å²) in [5.74, 6) is -1.52. The van der Waals surface area contributed by atoms with Gasteiger partial charge in [0.25, 0.3) is 0 Å². The molecule has 0 amide bonds. The normalized spacial score (nSPS) is 24.1. The number of benzene rings is 1. The van der Waals surface area contributed by atoms with Gasteiger partial charge in [0.1, 0.15) is 5.78 Å². The van der Waals surface area contributed by atoms with Gasteiger partial charge in [0.15, 0.2) is 0 Å². The van der Waals surface area contributed by atoms with Crippen LogP contribution >= 0.6 is 11.6 Å². The third kappa shape index (κ3) is 6.61. The number of carboxylic acids is 1. The van der Waals surface area contributed by atoms with Gasteiger partial charge in [-0.15, -0.1) is 0 Å². The number of halogens is 1. The van der Waals surface area contributed by atoms with Gasteiger partial charge in [-0.25, -0.2) is 0 Å². The van der Waals surface area contributed by atoms with Crippen molar-refractivity contribution in [3.8, 4) is 0 Å². The molecule has 0 aliphatic heterocycles. The summed E-state index contributed by atoms with van der Waals surface area (Å²) in [6.45, 7) is 0. The molecule has 0 spiro atoms. The first kappa shape index (κ1) is 21.4. The highest BCUT2D eigenvalue weighted by molar-refractivity contribution is 6.30. The maximum atomic E-state index is 12.2. The number of aliphatic hydroxyl groups excluding tert-OH is 2. The van der Waals surface area contributed by atoms with Gasteiger partial charge in [0.2, 0.25) is 0 Å². The molecule has 0 unspecified atom stereocenters. The van der Waals surface area contributed by atoms with E-state index in [-0.39, 0.29) is 24.5 Å². The minimum atomic E-state index is -0.847. The summed E-state index contributed by atoms with van der Waals surface area (Å²) in [7, 11) is 0. The van der Waals surface area contributed by atoms with E-state index in [1.165, 1.54) is 0 Å². The molecule has 2 rings (SSSR count). The van der Waals surface area contributed by atoms with Gasteiger partial charge >= 0.3 is 5.97 Å². The molecule has 0 heterocycles. The summed E-state index contributed by atoms with van der Waals surface area (Å²) in [6, 6.07) is 6.83. The number of hydrogen-bond acceptors (Lipinski definition) is 4. The summed E-state index contributed by atoms with van der Waals surface area (Å²) in [5.41, 5.74) is 0.677. The molecule has 5 nitrogen and oxygen atoms in total. The second-order valence-corrected chi connectivity index (χ2v) is 7.24. The molecular weight excluding hydrogens is 368 g/mol. The van der Waals surface area contributed by atoms with E-state index in [1.54, 1.807) is 36.4 Å². The number of unbranched alkanes of at least 4 members (excludes halogenated alkanes) is 1. The maximum Gasteiger partial charge on any atom is 0.303 e. The quantitative estimate of drug-likeness (QED) is 0.440. The van der Waals surface area contributed by atoms with Crippen molar-refractivity contribution in [2.45, 2.75) is 44.3 Å². The van der Waals surface area contributed by atoms with Crippen molar-refractivity contribution in [3.63, 3.8) is 0 Å². The Morgan fingerprint density at radius 1 is 1.26 bits per heavy atom. The molecular formula is C21H25ClO5. The zero-order chi connectivity index (χ0) is 19.8.